The molecular weight excluding hydrogens is 476 g/mol. The Labute approximate surface area is 225 Å². The van der Waals surface area contributed by atoms with Crippen LogP contribution in [0.2, 0.25) is 5.02 Å². The molecule has 1 aliphatic heterocycles. The predicted octanol–water partition coefficient (Wildman–Crippen LogP) is 7.18. The highest BCUT2D eigenvalue weighted by Crippen LogP contribution is 2.34. The van der Waals surface area contributed by atoms with E-state index in [9.17, 15) is 4.79 Å². The third-order valence-electron chi connectivity index (χ3n) is 7.58. The SMILES string of the molecule is CN(C(=O)CC(c1ccccc1)c1ccccc1)C1CCN(C(c2ccccc2)c2ccc(Cl)cc2)C1. The lowest BCUT2D eigenvalue weighted by molar-refractivity contribution is -0.132. The molecule has 1 amide bonds. The fourth-order valence-corrected chi connectivity index (χ4v) is 5.66. The van der Waals surface area contributed by atoms with Gasteiger partial charge in [0.15, 0.2) is 0 Å². The second kappa shape index (κ2) is 11.8. The van der Waals surface area contributed by atoms with Gasteiger partial charge in [-0.2, -0.15) is 0 Å². The van der Waals surface area contributed by atoms with Gasteiger partial charge in [-0.1, -0.05) is 115 Å². The highest BCUT2D eigenvalue weighted by molar-refractivity contribution is 6.30. The van der Waals surface area contributed by atoms with Crippen LogP contribution in [0.25, 0.3) is 0 Å². The fourth-order valence-electron chi connectivity index (χ4n) is 5.53. The Morgan fingerprint density at radius 1 is 0.784 bits per heavy atom. The van der Waals surface area contributed by atoms with E-state index < -0.39 is 0 Å². The van der Waals surface area contributed by atoms with Crippen molar-refractivity contribution in [2.75, 3.05) is 20.1 Å². The van der Waals surface area contributed by atoms with E-state index in [0.717, 1.165) is 24.5 Å². The van der Waals surface area contributed by atoms with Crippen molar-refractivity contribution in [2.45, 2.75) is 30.8 Å². The molecule has 37 heavy (non-hydrogen) atoms. The molecule has 1 heterocycles. The van der Waals surface area contributed by atoms with Crippen molar-refractivity contribution in [1.29, 1.82) is 0 Å². The molecule has 0 N–H and O–H groups in total. The maximum absolute atomic E-state index is 13.6. The van der Waals surface area contributed by atoms with Crippen molar-refractivity contribution in [1.82, 2.24) is 9.80 Å². The van der Waals surface area contributed by atoms with Gasteiger partial charge in [0.05, 0.1) is 6.04 Å². The zero-order valence-electron chi connectivity index (χ0n) is 21.2. The third kappa shape index (κ3) is 5.95. The van der Waals surface area contributed by atoms with Gasteiger partial charge in [-0.05, 0) is 40.8 Å². The number of carbonyl (C=O) groups excluding carboxylic acids is 1. The van der Waals surface area contributed by atoms with Crippen LogP contribution < -0.4 is 0 Å². The lowest BCUT2D eigenvalue weighted by Gasteiger charge is -2.31. The average molecular weight is 509 g/mol. The summed E-state index contributed by atoms with van der Waals surface area (Å²) in [5.74, 6) is 0.230. The summed E-state index contributed by atoms with van der Waals surface area (Å²) in [6.07, 6.45) is 1.42. The Bertz CT molecular complexity index is 1240. The molecule has 5 rings (SSSR count). The maximum Gasteiger partial charge on any atom is 0.223 e. The van der Waals surface area contributed by atoms with Crippen LogP contribution in [0.5, 0.6) is 0 Å². The van der Waals surface area contributed by atoms with Crippen molar-refractivity contribution in [3.63, 3.8) is 0 Å². The molecule has 188 valence electrons. The molecule has 1 aliphatic rings. The van der Waals surface area contributed by atoms with E-state index in [-0.39, 0.29) is 23.9 Å². The highest BCUT2D eigenvalue weighted by atomic mass is 35.5. The van der Waals surface area contributed by atoms with Gasteiger partial charge in [0.2, 0.25) is 5.91 Å². The first-order valence-corrected chi connectivity index (χ1v) is 13.4. The van der Waals surface area contributed by atoms with Gasteiger partial charge in [-0.3, -0.25) is 9.69 Å². The number of halogens is 1. The second-order valence-corrected chi connectivity index (χ2v) is 10.3. The lowest BCUT2D eigenvalue weighted by atomic mass is 9.88. The Hall–Kier alpha value is -3.40. The zero-order valence-corrected chi connectivity index (χ0v) is 22.0. The van der Waals surface area contributed by atoms with Crippen LogP contribution in [0.4, 0.5) is 0 Å². The van der Waals surface area contributed by atoms with E-state index >= 15 is 0 Å². The van der Waals surface area contributed by atoms with Gasteiger partial charge in [0.1, 0.15) is 0 Å². The van der Waals surface area contributed by atoms with E-state index in [0.29, 0.717) is 6.42 Å². The van der Waals surface area contributed by atoms with Gasteiger partial charge in [-0.15, -0.1) is 0 Å². The molecule has 0 saturated carbocycles. The Balaban J connectivity index is 1.33. The van der Waals surface area contributed by atoms with Crippen LogP contribution in [-0.2, 0) is 4.79 Å². The summed E-state index contributed by atoms with van der Waals surface area (Å²) in [5.41, 5.74) is 4.83. The average Bonchev–Trinajstić information content (AvgIpc) is 3.43. The topological polar surface area (TPSA) is 23.6 Å². The lowest BCUT2D eigenvalue weighted by Crippen LogP contribution is -2.40. The van der Waals surface area contributed by atoms with Crippen molar-refractivity contribution in [3.05, 3.63) is 143 Å². The van der Waals surface area contributed by atoms with E-state index in [4.69, 9.17) is 11.6 Å². The summed E-state index contributed by atoms with van der Waals surface area (Å²) in [4.78, 5) is 18.1. The summed E-state index contributed by atoms with van der Waals surface area (Å²) >= 11 is 6.19. The first kappa shape index (κ1) is 25.3. The quantitative estimate of drug-likeness (QED) is 0.251. The Kier molecular flexibility index (Phi) is 8.03. The molecule has 4 aromatic carbocycles. The van der Waals surface area contributed by atoms with E-state index in [2.05, 4.69) is 95.9 Å². The maximum atomic E-state index is 13.6. The molecule has 4 aromatic rings. The Morgan fingerprint density at radius 2 is 1.27 bits per heavy atom. The predicted molar refractivity (Wildman–Crippen MR) is 152 cm³/mol. The zero-order chi connectivity index (χ0) is 25.6. The molecule has 3 nitrogen and oxygen atoms in total. The smallest absolute Gasteiger partial charge is 0.223 e. The molecule has 0 aliphatic carbocycles. The minimum absolute atomic E-state index is 0.0426. The number of hydrogen-bond acceptors (Lipinski definition) is 2. The molecule has 2 atom stereocenters. The summed E-state index contributed by atoms with van der Waals surface area (Å²) in [7, 11) is 1.98. The molecule has 1 fully saturated rings. The molecule has 4 heteroatoms. The summed E-state index contributed by atoms with van der Waals surface area (Å²) in [5, 5.41) is 0.742. The van der Waals surface area contributed by atoms with E-state index in [1.807, 2.05) is 36.2 Å². The largest absolute Gasteiger partial charge is 0.341 e. The number of amides is 1. The van der Waals surface area contributed by atoms with Crippen LogP contribution >= 0.6 is 11.6 Å². The molecule has 0 aromatic heterocycles. The van der Waals surface area contributed by atoms with Crippen molar-refractivity contribution in [3.8, 4) is 0 Å². The van der Waals surface area contributed by atoms with Crippen LogP contribution in [0.3, 0.4) is 0 Å². The van der Waals surface area contributed by atoms with Crippen LogP contribution in [0.1, 0.15) is 47.1 Å². The molecule has 1 saturated heterocycles. The molecular formula is C33H33ClN2O. The van der Waals surface area contributed by atoms with Gasteiger partial charge >= 0.3 is 0 Å². The minimum Gasteiger partial charge on any atom is -0.341 e. The third-order valence-corrected chi connectivity index (χ3v) is 7.84. The van der Waals surface area contributed by atoms with Crippen molar-refractivity contribution in [2.24, 2.45) is 0 Å². The number of carbonyl (C=O) groups is 1. The standard InChI is InChI=1S/C33H33ClN2O/c1-35(32(37)23-31(25-11-5-2-6-12-25)26-13-7-3-8-14-26)30-21-22-36(24-30)33(27-15-9-4-10-16-27)28-17-19-29(34)20-18-28/h2-20,30-31,33H,21-24H2,1H3. The number of benzene rings is 4. The van der Waals surface area contributed by atoms with Crippen LogP contribution in [-0.4, -0.2) is 41.9 Å². The number of rotatable bonds is 8. The van der Waals surface area contributed by atoms with Gasteiger partial charge in [-0.25, -0.2) is 0 Å². The number of likely N-dealkylation sites (N-methyl/N-ethyl adjacent to an activating group) is 1. The highest BCUT2D eigenvalue weighted by Gasteiger charge is 2.34. The Morgan fingerprint density at radius 3 is 1.81 bits per heavy atom. The summed E-state index contributed by atoms with van der Waals surface area (Å²) in [6.45, 7) is 1.77. The second-order valence-electron chi connectivity index (χ2n) is 9.88. The normalized spacial score (nSPS) is 16.6. The van der Waals surface area contributed by atoms with Crippen LogP contribution in [0, 0.1) is 0 Å². The van der Waals surface area contributed by atoms with Crippen molar-refractivity contribution < 1.29 is 4.79 Å². The summed E-state index contributed by atoms with van der Waals surface area (Å²) < 4.78 is 0. The molecule has 0 bridgehead atoms. The molecule has 0 spiro atoms. The van der Waals surface area contributed by atoms with E-state index in [1.54, 1.807) is 0 Å². The molecule has 0 radical (unpaired) electrons. The number of nitrogens with zero attached hydrogens (tertiary/aromatic N) is 2. The summed E-state index contributed by atoms with van der Waals surface area (Å²) in [6, 6.07) is 39.8. The number of likely N-dealkylation sites (tertiary alicyclic amines) is 1. The van der Waals surface area contributed by atoms with Crippen molar-refractivity contribution >= 4 is 17.5 Å². The van der Waals surface area contributed by atoms with E-state index in [1.165, 1.54) is 22.3 Å². The minimum atomic E-state index is 0.0426. The monoisotopic (exact) mass is 508 g/mol. The van der Waals surface area contributed by atoms with Gasteiger partial charge < -0.3 is 4.90 Å². The number of hydrogen-bond donors (Lipinski definition) is 0. The van der Waals surface area contributed by atoms with Gasteiger partial charge in [0.25, 0.3) is 0 Å². The fraction of sp³-hybridized carbons (Fsp3) is 0.242. The van der Waals surface area contributed by atoms with Crippen LogP contribution in [0.15, 0.2) is 115 Å². The first-order valence-electron chi connectivity index (χ1n) is 13.0. The molecule has 2 unspecified atom stereocenters. The first-order chi connectivity index (χ1) is 18.1. The van der Waals surface area contributed by atoms with Gasteiger partial charge in [0, 0.05) is 43.5 Å².